The minimum atomic E-state index is -1.22. The fourth-order valence-corrected chi connectivity index (χ4v) is 3.24. The summed E-state index contributed by atoms with van der Waals surface area (Å²) in [6, 6.07) is 12.5. The van der Waals surface area contributed by atoms with Crippen LogP contribution in [0, 0.1) is 12.7 Å². The molecular weight excluding hydrogens is 375 g/mol. The van der Waals surface area contributed by atoms with Gasteiger partial charge in [-0.25, -0.2) is 13.9 Å². The molecule has 0 radical (unpaired) electrons. The lowest BCUT2D eigenvalue weighted by Crippen LogP contribution is -2.26. The number of rotatable bonds is 4. The van der Waals surface area contributed by atoms with Crippen LogP contribution in [0.1, 0.15) is 27.5 Å². The van der Waals surface area contributed by atoms with Crippen LogP contribution < -0.4 is 10.6 Å². The Balaban J connectivity index is 1.74. The molecule has 3 N–H and O–H groups in total. The van der Waals surface area contributed by atoms with Crippen molar-refractivity contribution in [3.05, 3.63) is 89.0 Å². The van der Waals surface area contributed by atoms with Gasteiger partial charge >= 0.3 is 5.97 Å². The monoisotopic (exact) mass is 392 g/mol. The van der Waals surface area contributed by atoms with Crippen LogP contribution in [0.15, 0.2) is 66.5 Å². The van der Waals surface area contributed by atoms with Crippen molar-refractivity contribution in [2.45, 2.75) is 13.0 Å². The molecule has 0 bridgehead atoms. The zero-order chi connectivity index (χ0) is 20.5. The van der Waals surface area contributed by atoms with E-state index in [9.17, 15) is 19.1 Å². The third kappa shape index (κ3) is 3.47. The second-order valence-electron chi connectivity index (χ2n) is 6.65. The van der Waals surface area contributed by atoms with Crippen LogP contribution in [-0.4, -0.2) is 26.8 Å². The molecule has 8 heteroatoms. The maximum Gasteiger partial charge on any atom is 0.352 e. The highest BCUT2D eigenvalue weighted by Gasteiger charge is 2.30. The first-order chi connectivity index (χ1) is 13.9. The molecule has 2 aromatic carbocycles. The maximum atomic E-state index is 14.4. The first-order valence-electron chi connectivity index (χ1n) is 8.86. The summed E-state index contributed by atoms with van der Waals surface area (Å²) in [4.78, 5) is 24.4. The van der Waals surface area contributed by atoms with Gasteiger partial charge in [0, 0.05) is 11.3 Å². The predicted octanol–water partition coefficient (Wildman–Crippen LogP) is 3.57. The Morgan fingerprint density at radius 1 is 1.21 bits per heavy atom. The average Bonchev–Trinajstić information content (AvgIpc) is 3.12. The van der Waals surface area contributed by atoms with E-state index in [-0.39, 0.29) is 22.6 Å². The number of amides is 1. The van der Waals surface area contributed by atoms with E-state index >= 15 is 0 Å². The highest BCUT2D eigenvalue weighted by molar-refractivity contribution is 6.08. The number of benzene rings is 2. The highest BCUT2D eigenvalue weighted by Crippen LogP contribution is 2.33. The molecule has 3 aromatic rings. The number of nitrogens with zero attached hydrogens (tertiary/aromatic N) is 2. The van der Waals surface area contributed by atoms with Crippen LogP contribution in [0.2, 0.25) is 0 Å². The molecule has 146 valence electrons. The summed E-state index contributed by atoms with van der Waals surface area (Å²) < 4.78 is 15.8. The number of carboxylic acids is 1. The van der Waals surface area contributed by atoms with E-state index in [4.69, 9.17) is 0 Å². The van der Waals surface area contributed by atoms with E-state index in [1.165, 1.54) is 23.0 Å². The second-order valence-corrected chi connectivity index (χ2v) is 6.65. The average molecular weight is 392 g/mol. The number of aliphatic carboxylic acids is 1. The summed E-state index contributed by atoms with van der Waals surface area (Å²) in [5.41, 5.74) is 1.83. The number of fused-ring (bicyclic) bond motifs is 1. The van der Waals surface area contributed by atoms with Gasteiger partial charge in [0.1, 0.15) is 28.9 Å². The molecule has 1 amide bonds. The lowest BCUT2D eigenvalue weighted by atomic mass is 10.0. The first kappa shape index (κ1) is 18.4. The molecule has 0 unspecified atom stereocenters. The van der Waals surface area contributed by atoms with Crippen molar-refractivity contribution in [2.75, 3.05) is 10.6 Å². The molecule has 2 heterocycles. The van der Waals surface area contributed by atoms with Crippen LogP contribution in [0.4, 0.5) is 15.9 Å². The zero-order valence-corrected chi connectivity index (χ0v) is 15.4. The first-order valence-corrected chi connectivity index (χ1v) is 8.86. The van der Waals surface area contributed by atoms with Crippen molar-refractivity contribution in [1.82, 2.24) is 9.78 Å². The van der Waals surface area contributed by atoms with Crippen molar-refractivity contribution in [2.24, 2.45) is 0 Å². The van der Waals surface area contributed by atoms with Crippen LogP contribution in [0.25, 0.3) is 0 Å². The van der Waals surface area contributed by atoms with Gasteiger partial charge in [0.25, 0.3) is 5.91 Å². The summed E-state index contributed by atoms with van der Waals surface area (Å²) in [5.74, 6) is -1.98. The summed E-state index contributed by atoms with van der Waals surface area (Å²) in [6.07, 6.45) is 2.70. The molecule has 0 aliphatic carbocycles. The van der Waals surface area contributed by atoms with Crippen molar-refractivity contribution >= 4 is 23.4 Å². The molecule has 0 saturated carbocycles. The fraction of sp³-hybridized carbons (Fsp3) is 0.0952. The van der Waals surface area contributed by atoms with Crippen LogP contribution in [0.3, 0.4) is 0 Å². The maximum absolute atomic E-state index is 14.4. The number of carboxylic acid groups (broad SMARTS) is 1. The number of halogens is 1. The van der Waals surface area contributed by atoms with E-state index in [1.807, 2.05) is 25.1 Å². The molecule has 7 nitrogen and oxygen atoms in total. The molecule has 1 aliphatic heterocycles. The van der Waals surface area contributed by atoms with E-state index in [2.05, 4.69) is 15.7 Å². The number of allylic oxidation sites excluding steroid dienone is 1. The van der Waals surface area contributed by atoms with E-state index in [0.29, 0.717) is 5.69 Å². The van der Waals surface area contributed by atoms with Crippen molar-refractivity contribution in [3.63, 3.8) is 0 Å². The Kier molecular flexibility index (Phi) is 4.59. The highest BCUT2D eigenvalue weighted by atomic mass is 19.1. The smallest absolute Gasteiger partial charge is 0.352 e. The van der Waals surface area contributed by atoms with Gasteiger partial charge in [0.2, 0.25) is 0 Å². The third-order valence-electron chi connectivity index (χ3n) is 4.61. The minimum absolute atomic E-state index is 0.152. The van der Waals surface area contributed by atoms with Crippen molar-refractivity contribution in [3.8, 4) is 0 Å². The number of aryl methyl sites for hydroxylation is 1. The van der Waals surface area contributed by atoms with Gasteiger partial charge in [-0.2, -0.15) is 5.10 Å². The molecule has 29 heavy (non-hydrogen) atoms. The number of hydrogen-bond donors (Lipinski definition) is 3. The topological polar surface area (TPSA) is 96.3 Å². The lowest BCUT2D eigenvalue weighted by Gasteiger charge is -2.24. The molecular formula is C21H17FN4O3. The van der Waals surface area contributed by atoms with Gasteiger partial charge in [-0.05, 0) is 36.8 Å². The largest absolute Gasteiger partial charge is 0.477 e. The Morgan fingerprint density at radius 3 is 2.72 bits per heavy atom. The molecule has 1 aromatic heterocycles. The Morgan fingerprint density at radius 2 is 2.00 bits per heavy atom. The molecule has 0 spiro atoms. The van der Waals surface area contributed by atoms with Crippen LogP contribution in [0.5, 0.6) is 0 Å². The van der Waals surface area contributed by atoms with Gasteiger partial charge in [-0.3, -0.25) is 4.79 Å². The van der Waals surface area contributed by atoms with Gasteiger partial charge < -0.3 is 15.7 Å². The number of anilines is 2. The van der Waals surface area contributed by atoms with E-state index < -0.39 is 23.7 Å². The molecule has 4 rings (SSSR count). The van der Waals surface area contributed by atoms with Gasteiger partial charge in [-0.15, -0.1) is 0 Å². The van der Waals surface area contributed by atoms with E-state index in [0.717, 1.165) is 5.56 Å². The van der Waals surface area contributed by atoms with Gasteiger partial charge in [0.15, 0.2) is 0 Å². The predicted molar refractivity (Wildman–Crippen MR) is 105 cm³/mol. The standard InChI is InChI=1S/C21H17FN4O3/c1-12-5-4-6-13(9-12)24-20(27)15-11-23-26-18(14-7-2-3-8-16(14)22)10-17(21(28)29)25-19(15)26/h2-11,18,25H,1H3,(H,24,27)(H,28,29)/t18-/m1/s1. The summed E-state index contributed by atoms with van der Waals surface area (Å²) >= 11 is 0. The lowest BCUT2D eigenvalue weighted by molar-refractivity contribution is -0.132. The molecule has 0 fully saturated rings. The van der Waals surface area contributed by atoms with Crippen molar-refractivity contribution in [1.29, 1.82) is 0 Å². The quantitative estimate of drug-likeness (QED) is 0.631. The van der Waals surface area contributed by atoms with Crippen molar-refractivity contribution < 1.29 is 19.1 Å². The third-order valence-corrected chi connectivity index (χ3v) is 4.61. The number of nitrogens with one attached hydrogen (secondary N) is 2. The Bertz CT molecular complexity index is 1150. The normalized spacial score (nSPS) is 15.1. The number of carbonyl (C=O) groups excluding carboxylic acids is 1. The summed E-state index contributed by atoms with van der Waals surface area (Å²) in [7, 11) is 0. The molecule has 1 aliphatic rings. The number of aromatic nitrogens is 2. The van der Waals surface area contributed by atoms with Gasteiger partial charge in [0.05, 0.1) is 6.20 Å². The van der Waals surface area contributed by atoms with E-state index in [1.54, 1.807) is 24.3 Å². The van der Waals surface area contributed by atoms with Crippen LogP contribution >= 0.6 is 0 Å². The number of hydrogen-bond acceptors (Lipinski definition) is 4. The minimum Gasteiger partial charge on any atom is -0.477 e. The molecule has 1 atom stereocenters. The molecule has 0 saturated heterocycles. The SMILES string of the molecule is Cc1cccc(NC(=O)c2cnn3c2NC(C(=O)O)=C[C@@H]3c2ccccc2F)c1. The van der Waals surface area contributed by atoms with Crippen LogP contribution in [-0.2, 0) is 4.79 Å². The summed E-state index contributed by atoms with van der Waals surface area (Å²) in [5, 5.41) is 19.2. The number of carbonyl (C=O) groups is 2. The zero-order valence-electron chi connectivity index (χ0n) is 15.4. The van der Waals surface area contributed by atoms with Gasteiger partial charge in [-0.1, -0.05) is 30.3 Å². The Labute approximate surface area is 165 Å². The Hall–Kier alpha value is -3.94. The summed E-state index contributed by atoms with van der Waals surface area (Å²) in [6.45, 7) is 1.90. The second kappa shape index (κ2) is 7.23. The fourth-order valence-electron chi connectivity index (χ4n) is 3.24.